The van der Waals surface area contributed by atoms with Crippen LogP contribution in [0.2, 0.25) is 0 Å². The zero-order chi connectivity index (χ0) is 24.1. The second-order valence-electron chi connectivity index (χ2n) is 7.93. The van der Waals surface area contributed by atoms with Crippen LogP contribution in [0.3, 0.4) is 0 Å². The first-order valence-corrected chi connectivity index (χ1v) is 10.7. The van der Waals surface area contributed by atoms with Crippen molar-refractivity contribution in [2.45, 2.75) is 19.0 Å². The quantitative estimate of drug-likeness (QED) is 0.378. The van der Waals surface area contributed by atoms with Gasteiger partial charge in [-0.1, -0.05) is 54.6 Å². The van der Waals surface area contributed by atoms with E-state index in [1.165, 1.54) is 0 Å². The van der Waals surface area contributed by atoms with Gasteiger partial charge in [-0.15, -0.1) is 0 Å². The Hall–Kier alpha value is -4.64. The van der Waals surface area contributed by atoms with Gasteiger partial charge in [0.1, 0.15) is 24.3 Å². The lowest BCUT2D eigenvalue weighted by Gasteiger charge is -2.15. The number of hydrogen-bond acceptors (Lipinski definition) is 4. The Labute approximate surface area is 195 Å². The minimum absolute atomic E-state index is 0.131. The number of nitrogens with one attached hydrogen (secondary N) is 2. The van der Waals surface area contributed by atoms with Crippen LogP contribution in [0.4, 0.5) is 0 Å². The Morgan fingerprint density at radius 2 is 1.62 bits per heavy atom. The van der Waals surface area contributed by atoms with Gasteiger partial charge in [0.25, 0.3) is 0 Å². The van der Waals surface area contributed by atoms with Gasteiger partial charge in [-0.05, 0) is 28.5 Å². The van der Waals surface area contributed by atoms with E-state index < -0.39 is 23.8 Å². The van der Waals surface area contributed by atoms with Gasteiger partial charge >= 0.3 is 5.97 Å². The van der Waals surface area contributed by atoms with Crippen LogP contribution < -0.4 is 10.6 Å². The van der Waals surface area contributed by atoms with E-state index in [9.17, 15) is 24.8 Å². The van der Waals surface area contributed by atoms with E-state index in [0.717, 1.165) is 27.1 Å². The number of nitrogens with zero attached hydrogens (tertiary/aromatic N) is 2. The largest absolute Gasteiger partial charge is 0.480 e. The topological polar surface area (TPSA) is 124 Å². The summed E-state index contributed by atoms with van der Waals surface area (Å²) in [4.78, 5) is 36.2. The normalized spacial score (nSPS) is 11.6. The minimum atomic E-state index is -1.16. The zero-order valence-corrected chi connectivity index (χ0v) is 18.2. The molecule has 0 spiro atoms. The number of fused-ring (bicyclic) bond motifs is 2. The van der Waals surface area contributed by atoms with Crippen LogP contribution in [0.25, 0.3) is 21.5 Å². The number of carboxylic acids is 1. The van der Waals surface area contributed by atoms with Gasteiger partial charge in [0.05, 0.1) is 6.54 Å². The van der Waals surface area contributed by atoms with E-state index in [1.807, 2.05) is 42.5 Å². The van der Waals surface area contributed by atoms with Crippen molar-refractivity contribution in [1.29, 1.82) is 5.26 Å². The monoisotopic (exact) mass is 454 g/mol. The molecule has 8 heteroatoms. The predicted molar refractivity (Wildman–Crippen MR) is 127 cm³/mol. The van der Waals surface area contributed by atoms with Crippen LogP contribution in [-0.2, 0) is 27.3 Å². The molecule has 0 bridgehead atoms. The smallest absolute Gasteiger partial charge is 0.326 e. The van der Waals surface area contributed by atoms with Crippen molar-refractivity contribution >= 4 is 39.3 Å². The molecular formula is C26H22N4O4. The second kappa shape index (κ2) is 9.88. The van der Waals surface area contributed by atoms with Crippen LogP contribution in [-0.4, -0.2) is 40.0 Å². The van der Waals surface area contributed by atoms with Crippen LogP contribution in [0.1, 0.15) is 11.3 Å². The van der Waals surface area contributed by atoms with Gasteiger partial charge in [0, 0.05) is 23.4 Å². The molecule has 0 unspecified atom stereocenters. The van der Waals surface area contributed by atoms with Crippen molar-refractivity contribution < 1.29 is 19.5 Å². The summed E-state index contributed by atoms with van der Waals surface area (Å²) < 4.78 is 1.55. The summed E-state index contributed by atoms with van der Waals surface area (Å²) in [6.07, 6.45) is 1.87. The Kier molecular flexibility index (Phi) is 6.55. The number of hydrogen-bond donors (Lipinski definition) is 3. The van der Waals surface area contributed by atoms with Crippen molar-refractivity contribution in [1.82, 2.24) is 15.2 Å². The molecular weight excluding hydrogens is 432 g/mol. The van der Waals surface area contributed by atoms with Gasteiger partial charge in [-0.2, -0.15) is 5.26 Å². The summed E-state index contributed by atoms with van der Waals surface area (Å²) in [5, 5.41) is 27.6. The number of carbonyl (C=O) groups excluding carboxylic acids is 2. The lowest BCUT2D eigenvalue weighted by Crippen LogP contribution is -2.46. The van der Waals surface area contributed by atoms with Crippen LogP contribution in [0.15, 0.2) is 72.9 Å². The highest BCUT2D eigenvalue weighted by Crippen LogP contribution is 2.26. The molecule has 3 aromatic carbocycles. The molecule has 0 saturated heterocycles. The highest BCUT2D eigenvalue weighted by Gasteiger charge is 2.21. The summed E-state index contributed by atoms with van der Waals surface area (Å²) in [5.41, 5.74) is 1.13. The van der Waals surface area contributed by atoms with Crippen LogP contribution in [0, 0.1) is 11.3 Å². The molecule has 170 valence electrons. The Morgan fingerprint density at radius 1 is 0.941 bits per heavy atom. The Balaban J connectivity index is 1.39. The van der Waals surface area contributed by atoms with Gasteiger partial charge in [0.2, 0.25) is 11.8 Å². The fraction of sp³-hybridized carbons (Fsp3) is 0.154. The van der Waals surface area contributed by atoms with Gasteiger partial charge in [0.15, 0.2) is 0 Å². The van der Waals surface area contributed by atoms with E-state index in [4.69, 9.17) is 0 Å². The molecule has 0 radical (unpaired) electrons. The third-order valence-corrected chi connectivity index (χ3v) is 5.54. The number of amides is 2. The molecule has 8 nitrogen and oxygen atoms in total. The van der Waals surface area contributed by atoms with Gasteiger partial charge < -0.3 is 20.3 Å². The average molecular weight is 454 g/mol. The standard InChI is InChI=1S/C26H22N4O4/c27-13-23-21-12-19-9-5-4-8-18(19)11-20(21)15-30(23)16-25(32)28-14-24(31)29-22(26(33)34)10-17-6-2-1-3-7-17/h1-9,11-12,15,22H,10,14,16H2,(H,28,32)(H,29,31)(H,33,34)/t22-/m0/s1. The summed E-state index contributed by atoms with van der Waals surface area (Å²) in [6, 6.07) is 21.7. The Morgan fingerprint density at radius 3 is 2.29 bits per heavy atom. The van der Waals surface area contributed by atoms with Crippen molar-refractivity contribution in [2.75, 3.05) is 6.54 Å². The van der Waals surface area contributed by atoms with Gasteiger partial charge in [-0.3, -0.25) is 9.59 Å². The SMILES string of the molecule is N#Cc1c2cc3ccccc3cc2cn1CC(=O)NCC(=O)N[C@@H](Cc1ccccc1)C(=O)O. The highest BCUT2D eigenvalue weighted by molar-refractivity contribution is 6.00. The van der Waals surface area contributed by atoms with Crippen molar-refractivity contribution in [3.8, 4) is 6.07 Å². The molecule has 0 aliphatic rings. The number of aromatic nitrogens is 1. The maximum atomic E-state index is 12.5. The molecule has 0 aliphatic carbocycles. The lowest BCUT2D eigenvalue weighted by atomic mass is 10.1. The second-order valence-corrected chi connectivity index (χ2v) is 7.93. The first kappa shape index (κ1) is 22.6. The fourth-order valence-electron chi connectivity index (χ4n) is 3.89. The average Bonchev–Trinajstić information content (AvgIpc) is 3.16. The third kappa shape index (κ3) is 5.05. The molecule has 1 heterocycles. The molecule has 2 amide bonds. The van der Waals surface area contributed by atoms with Crippen molar-refractivity contribution in [2.24, 2.45) is 0 Å². The molecule has 4 rings (SSSR count). The number of aliphatic carboxylic acids is 1. The van der Waals surface area contributed by atoms with E-state index in [1.54, 1.807) is 35.0 Å². The number of carbonyl (C=O) groups is 3. The molecule has 0 saturated carbocycles. The summed E-state index contributed by atoms with van der Waals surface area (Å²) in [6.45, 7) is -0.516. The maximum absolute atomic E-state index is 12.5. The zero-order valence-electron chi connectivity index (χ0n) is 18.2. The number of rotatable bonds is 8. The van der Waals surface area contributed by atoms with Crippen molar-refractivity contribution in [3.05, 3.63) is 84.2 Å². The van der Waals surface area contributed by atoms with Gasteiger partial charge in [-0.25, -0.2) is 4.79 Å². The minimum Gasteiger partial charge on any atom is -0.480 e. The first-order valence-electron chi connectivity index (χ1n) is 10.7. The maximum Gasteiger partial charge on any atom is 0.326 e. The first-order chi connectivity index (χ1) is 16.4. The van der Waals surface area contributed by atoms with Crippen LogP contribution in [0.5, 0.6) is 0 Å². The molecule has 34 heavy (non-hydrogen) atoms. The molecule has 1 aromatic heterocycles. The van der Waals surface area contributed by atoms with Crippen molar-refractivity contribution in [3.63, 3.8) is 0 Å². The predicted octanol–water partition coefficient (Wildman–Crippen LogP) is 2.59. The van der Waals surface area contributed by atoms with E-state index in [0.29, 0.717) is 5.69 Å². The molecule has 3 N–H and O–H groups in total. The van der Waals surface area contributed by atoms with Crippen LogP contribution >= 0.6 is 0 Å². The molecule has 1 atom stereocenters. The lowest BCUT2D eigenvalue weighted by molar-refractivity contribution is -0.141. The summed E-state index contributed by atoms with van der Waals surface area (Å²) >= 11 is 0. The number of benzene rings is 3. The summed E-state index contributed by atoms with van der Waals surface area (Å²) in [5.74, 6) is -2.24. The highest BCUT2D eigenvalue weighted by atomic mass is 16.4. The van der Waals surface area contributed by atoms with E-state index in [-0.39, 0.29) is 19.5 Å². The van der Waals surface area contributed by atoms with E-state index in [2.05, 4.69) is 16.7 Å². The number of carboxylic acid groups (broad SMARTS) is 1. The number of nitriles is 1. The Bertz CT molecular complexity index is 1420. The molecule has 4 aromatic rings. The summed E-state index contributed by atoms with van der Waals surface area (Å²) in [7, 11) is 0. The molecule has 0 fully saturated rings. The molecule has 0 aliphatic heterocycles. The van der Waals surface area contributed by atoms with E-state index >= 15 is 0 Å². The third-order valence-electron chi connectivity index (χ3n) is 5.54. The fourth-order valence-corrected chi connectivity index (χ4v) is 3.89.